The quantitative estimate of drug-likeness (QED) is 0.554. The van der Waals surface area contributed by atoms with E-state index in [0.29, 0.717) is 5.02 Å². The van der Waals surface area contributed by atoms with Gasteiger partial charge in [-0.2, -0.15) is 0 Å². The average molecular weight is 211 g/mol. The van der Waals surface area contributed by atoms with E-state index in [9.17, 15) is 4.79 Å². The highest BCUT2D eigenvalue weighted by atomic mass is 35.5. The minimum Gasteiger partial charge on any atom is -0.466 e. The molecule has 0 aromatic heterocycles. The van der Waals surface area contributed by atoms with E-state index >= 15 is 0 Å². The van der Waals surface area contributed by atoms with Crippen LogP contribution in [0.2, 0.25) is 5.02 Å². The number of rotatable bonds is 2. The second-order valence-electron chi connectivity index (χ2n) is 2.83. The fourth-order valence-electron chi connectivity index (χ4n) is 1.09. The lowest BCUT2D eigenvalue weighted by Gasteiger charge is -2.03. The van der Waals surface area contributed by atoms with E-state index in [2.05, 4.69) is 4.74 Å². The molecule has 0 aliphatic heterocycles. The maximum absolute atomic E-state index is 11.0. The molecule has 1 rings (SSSR count). The van der Waals surface area contributed by atoms with Crippen molar-refractivity contribution in [1.29, 1.82) is 0 Å². The summed E-state index contributed by atoms with van der Waals surface area (Å²) in [5, 5.41) is 0.630. The minimum atomic E-state index is -0.373. The van der Waals surface area contributed by atoms with Crippen LogP contribution >= 0.6 is 11.6 Å². The Balaban J connectivity index is 3.00. The molecule has 3 heteroatoms. The number of benzene rings is 1. The van der Waals surface area contributed by atoms with Crippen molar-refractivity contribution in [1.82, 2.24) is 0 Å². The summed E-state index contributed by atoms with van der Waals surface area (Å²) in [6.45, 7) is 1.82. The maximum atomic E-state index is 11.0. The lowest BCUT2D eigenvalue weighted by Crippen LogP contribution is -1.95. The highest BCUT2D eigenvalue weighted by Crippen LogP contribution is 2.22. The monoisotopic (exact) mass is 210 g/mol. The third-order valence-corrected chi connectivity index (χ3v) is 2.16. The second kappa shape index (κ2) is 4.82. The molecule has 0 fully saturated rings. The van der Waals surface area contributed by atoms with Crippen LogP contribution in [-0.4, -0.2) is 13.1 Å². The van der Waals surface area contributed by atoms with Crippen LogP contribution in [-0.2, 0) is 9.53 Å². The Morgan fingerprint density at radius 1 is 1.43 bits per heavy atom. The summed E-state index contributed by atoms with van der Waals surface area (Å²) >= 11 is 5.95. The lowest BCUT2D eigenvalue weighted by atomic mass is 10.1. The molecule has 0 bridgehead atoms. The molecule has 1 aromatic rings. The fourth-order valence-corrected chi connectivity index (χ4v) is 1.38. The van der Waals surface area contributed by atoms with E-state index in [1.54, 1.807) is 6.07 Å². The highest BCUT2D eigenvalue weighted by molar-refractivity contribution is 6.32. The first-order valence-corrected chi connectivity index (χ1v) is 4.54. The second-order valence-corrected chi connectivity index (χ2v) is 3.24. The number of hydrogen-bond donors (Lipinski definition) is 0. The number of halogens is 1. The average Bonchev–Trinajstić information content (AvgIpc) is 2.18. The molecule has 0 N–H and O–H groups in total. The lowest BCUT2D eigenvalue weighted by molar-refractivity contribution is -0.134. The van der Waals surface area contributed by atoms with Gasteiger partial charge in [0.2, 0.25) is 0 Å². The first-order valence-electron chi connectivity index (χ1n) is 4.16. The van der Waals surface area contributed by atoms with Crippen molar-refractivity contribution < 1.29 is 9.53 Å². The third kappa shape index (κ3) is 2.60. The molecule has 2 nitrogen and oxygen atoms in total. The Kier molecular flexibility index (Phi) is 3.72. The van der Waals surface area contributed by atoms with Gasteiger partial charge in [0.15, 0.2) is 0 Å². The van der Waals surface area contributed by atoms with Crippen LogP contribution in [0.4, 0.5) is 0 Å². The minimum absolute atomic E-state index is 0.373. The van der Waals surface area contributed by atoms with Crippen molar-refractivity contribution in [2.24, 2.45) is 0 Å². The van der Waals surface area contributed by atoms with Gasteiger partial charge in [0, 0.05) is 11.1 Å². The van der Waals surface area contributed by atoms with Gasteiger partial charge in [-0.3, -0.25) is 0 Å². The number of hydrogen-bond acceptors (Lipinski definition) is 2. The van der Waals surface area contributed by atoms with Gasteiger partial charge < -0.3 is 4.74 Å². The van der Waals surface area contributed by atoms with Crippen molar-refractivity contribution in [3.8, 4) is 0 Å². The number of methoxy groups -OCH3 is 1. The van der Waals surface area contributed by atoms with Crippen molar-refractivity contribution in [2.75, 3.05) is 7.11 Å². The Hall–Kier alpha value is -1.28. The number of carbonyl (C=O) groups excluding carboxylic acids is 1. The Morgan fingerprint density at radius 2 is 2.07 bits per heavy atom. The predicted octanol–water partition coefficient (Wildman–Crippen LogP) is 2.92. The van der Waals surface area contributed by atoms with Crippen LogP contribution in [0, 0.1) is 0 Å². The molecule has 0 radical (unpaired) electrons. The Morgan fingerprint density at radius 3 is 2.64 bits per heavy atom. The summed E-state index contributed by atoms with van der Waals surface area (Å²) < 4.78 is 4.52. The first kappa shape index (κ1) is 10.8. The number of carbonyl (C=O) groups is 1. The van der Waals surface area contributed by atoms with Crippen LogP contribution in [0.15, 0.2) is 30.3 Å². The van der Waals surface area contributed by atoms with Gasteiger partial charge in [0.1, 0.15) is 0 Å². The van der Waals surface area contributed by atoms with Crippen molar-refractivity contribution in [2.45, 2.75) is 6.92 Å². The molecule has 0 amide bonds. The van der Waals surface area contributed by atoms with E-state index < -0.39 is 0 Å². The molecule has 74 valence electrons. The zero-order valence-corrected chi connectivity index (χ0v) is 8.84. The summed E-state index contributed by atoms with van der Waals surface area (Å²) in [5.74, 6) is -0.373. The van der Waals surface area contributed by atoms with Crippen LogP contribution in [0.1, 0.15) is 12.5 Å². The molecule has 0 saturated carbocycles. The molecule has 0 aliphatic rings. The molecule has 0 atom stereocenters. The molecule has 0 saturated heterocycles. The standard InChI is InChI=1S/C11H11ClO2/c1-8(7-11(13)14-2)9-5-3-4-6-10(9)12/h3-7H,1-2H3. The van der Waals surface area contributed by atoms with E-state index in [0.717, 1.165) is 11.1 Å². The zero-order chi connectivity index (χ0) is 10.6. The van der Waals surface area contributed by atoms with E-state index in [-0.39, 0.29) is 5.97 Å². The summed E-state index contributed by atoms with van der Waals surface area (Å²) in [6, 6.07) is 7.36. The molecule has 0 unspecified atom stereocenters. The smallest absolute Gasteiger partial charge is 0.330 e. The molecule has 0 aliphatic carbocycles. The maximum Gasteiger partial charge on any atom is 0.330 e. The van der Waals surface area contributed by atoms with E-state index in [1.807, 2.05) is 25.1 Å². The third-order valence-electron chi connectivity index (χ3n) is 1.83. The van der Waals surface area contributed by atoms with Crippen LogP contribution in [0.5, 0.6) is 0 Å². The van der Waals surface area contributed by atoms with Crippen LogP contribution < -0.4 is 0 Å². The Bertz CT molecular complexity index is 369. The van der Waals surface area contributed by atoms with Crippen LogP contribution in [0.25, 0.3) is 5.57 Å². The van der Waals surface area contributed by atoms with Gasteiger partial charge in [-0.25, -0.2) is 4.79 Å². The number of esters is 1. The summed E-state index contributed by atoms with van der Waals surface area (Å²) in [7, 11) is 1.35. The number of allylic oxidation sites excluding steroid dienone is 1. The molecular formula is C11H11ClO2. The van der Waals surface area contributed by atoms with Gasteiger partial charge in [-0.1, -0.05) is 29.8 Å². The Labute approximate surface area is 88.1 Å². The van der Waals surface area contributed by atoms with Gasteiger partial charge in [0.05, 0.1) is 7.11 Å². The first-order chi connectivity index (χ1) is 6.65. The molecule has 0 spiro atoms. The van der Waals surface area contributed by atoms with Crippen LogP contribution in [0.3, 0.4) is 0 Å². The van der Waals surface area contributed by atoms with Gasteiger partial charge >= 0.3 is 5.97 Å². The van der Waals surface area contributed by atoms with Crippen molar-refractivity contribution in [3.05, 3.63) is 40.9 Å². The van der Waals surface area contributed by atoms with E-state index in [1.165, 1.54) is 13.2 Å². The summed E-state index contributed by atoms with van der Waals surface area (Å²) in [6.07, 6.45) is 1.42. The molecular weight excluding hydrogens is 200 g/mol. The molecule has 0 heterocycles. The molecule has 1 aromatic carbocycles. The number of ether oxygens (including phenoxy) is 1. The SMILES string of the molecule is COC(=O)C=C(C)c1ccccc1Cl. The van der Waals surface area contributed by atoms with Crippen molar-refractivity contribution >= 4 is 23.1 Å². The fraction of sp³-hybridized carbons (Fsp3) is 0.182. The van der Waals surface area contributed by atoms with Gasteiger partial charge in [0.25, 0.3) is 0 Å². The topological polar surface area (TPSA) is 26.3 Å². The van der Waals surface area contributed by atoms with E-state index in [4.69, 9.17) is 11.6 Å². The van der Waals surface area contributed by atoms with Gasteiger partial charge in [-0.05, 0) is 24.1 Å². The summed E-state index contributed by atoms with van der Waals surface area (Å²) in [5.41, 5.74) is 1.64. The largest absolute Gasteiger partial charge is 0.466 e. The van der Waals surface area contributed by atoms with Gasteiger partial charge in [-0.15, -0.1) is 0 Å². The molecule has 14 heavy (non-hydrogen) atoms. The highest BCUT2D eigenvalue weighted by Gasteiger charge is 2.03. The normalized spacial score (nSPS) is 11.2. The van der Waals surface area contributed by atoms with Crippen molar-refractivity contribution in [3.63, 3.8) is 0 Å². The summed E-state index contributed by atoms with van der Waals surface area (Å²) in [4.78, 5) is 11.0. The predicted molar refractivity (Wildman–Crippen MR) is 57.1 cm³/mol. The zero-order valence-electron chi connectivity index (χ0n) is 8.08.